The van der Waals surface area contributed by atoms with Gasteiger partial charge in [-0.1, -0.05) is 115 Å². The van der Waals surface area contributed by atoms with Crippen LogP contribution in [0.15, 0.2) is 140 Å². The van der Waals surface area contributed by atoms with Crippen molar-refractivity contribution >= 4 is 75.9 Å². The third-order valence-electron chi connectivity index (χ3n) is 12.2. The molecule has 13 nitrogen and oxygen atoms in total. The van der Waals surface area contributed by atoms with Gasteiger partial charge in [-0.25, -0.2) is 4.98 Å². The van der Waals surface area contributed by atoms with E-state index in [1.54, 1.807) is 24.3 Å². The number of fused-ring (bicyclic) bond motifs is 12. The molecule has 64 heavy (non-hydrogen) atoms. The van der Waals surface area contributed by atoms with E-state index in [4.69, 9.17) is 15.0 Å². The van der Waals surface area contributed by atoms with Crippen LogP contribution in [0.25, 0.3) is 110 Å². The van der Waals surface area contributed by atoms with Crippen molar-refractivity contribution < 1.29 is 40.9 Å². The van der Waals surface area contributed by atoms with Gasteiger partial charge in [-0.05, 0) is 56.6 Å². The lowest BCUT2D eigenvalue weighted by molar-refractivity contribution is 0.350. The number of nitrogens with zero attached hydrogens (tertiary/aromatic N) is 5. The van der Waals surface area contributed by atoms with E-state index in [0.29, 0.717) is 16.8 Å². The lowest BCUT2D eigenvalue weighted by Crippen LogP contribution is -2.08. The summed E-state index contributed by atoms with van der Waals surface area (Å²) < 4.78 is 3.17. The van der Waals surface area contributed by atoms with Crippen LogP contribution in [0.3, 0.4) is 0 Å². The number of benzene rings is 9. The molecular weight excluding hydrogens is 811 g/mol. The lowest BCUT2D eigenvalue weighted by atomic mass is 9.92. The van der Waals surface area contributed by atoms with Gasteiger partial charge in [-0.15, -0.1) is 0 Å². The van der Waals surface area contributed by atoms with Crippen LogP contribution in [0.5, 0.6) is 46.0 Å². The van der Waals surface area contributed by atoms with Crippen LogP contribution < -0.4 is 0 Å². The fourth-order valence-electron chi connectivity index (χ4n) is 9.38. The molecule has 0 saturated heterocycles. The van der Waals surface area contributed by atoms with E-state index in [0.717, 1.165) is 58.7 Å². The zero-order valence-corrected chi connectivity index (χ0v) is 33.1. The summed E-state index contributed by atoms with van der Waals surface area (Å²) in [6.45, 7) is 0. The van der Waals surface area contributed by atoms with Crippen LogP contribution in [0.4, 0.5) is 0 Å². The summed E-state index contributed by atoms with van der Waals surface area (Å²) in [5.41, 5.74) is 2.57. The molecule has 0 radical (unpaired) electrons. The highest BCUT2D eigenvalue weighted by atomic mass is 16.4. The first-order valence-corrected chi connectivity index (χ1v) is 20.1. The quantitative estimate of drug-likeness (QED) is 0.0475. The Hall–Kier alpha value is -9.23. The first kappa shape index (κ1) is 36.6. The molecule has 0 aliphatic heterocycles. The molecule has 9 aromatic carbocycles. The van der Waals surface area contributed by atoms with Gasteiger partial charge < -0.3 is 45.4 Å². The molecular formula is C51H31N5O8. The smallest absolute Gasteiger partial charge is 0.239 e. The summed E-state index contributed by atoms with van der Waals surface area (Å²) in [6.07, 6.45) is 0. The minimum Gasteiger partial charge on any atom is -0.504 e. The molecule has 0 aliphatic carbocycles. The molecule has 0 bridgehead atoms. The molecule has 12 aromatic rings. The number of phenolic OH excluding ortho intramolecular Hbond substituents is 8. The number of hydrogen-bond donors (Lipinski definition) is 8. The second kappa shape index (κ2) is 13.1. The zero-order chi connectivity index (χ0) is 43.7. The average molecular weight is 842 g/mol. The normalized spacial score (nSPS) is 11.9. The maximum absolute atomic E-state index is 11.6. The van der Waals surface area contributed by atoms with Crippen molar-refractivity contribution in [3.8, 4) is 80.4 Å². The van der Waals surface area contributed by atoms with E-state index in [9.17, 15) is 40.9 Å². The van der Waals surface area contributed by atoms with Crippen molar-refractivity contribution in [1.82, 2.24) is 24.1 Å². The number of aromatic hydroxyl groups is 8. The molecule has 0 fully saturated rings. The summed E-state index contributed by atoms with van der Waals surface area (Å²) in [6, 6.07) is 45.7. The van der Waals surface area contributed by atoms with Crippen LogP contribution in [0.1, 0.15) is 0 Å². The van der Waals surface area contributed by atoms with E-state index in [-0.39, 0.29) is 17.6 Å². The van der Waals surface area contributed by atoms with E-state index in [2.05, 4.69) is 47.0 Å². The maximum Gasteiger partial charge on any atom is 0.239 e. The lowest BCUT2D eigenvalue weighted by Gasteiger charge is -2.18. The van der Waals surface area contributed by atoms with Crippen molar-refractivity contribution in [2.45, 2.75) is 0 Å². The molecule has 0 amide bonds. The Bertz CT molecular complexity index is 3880. The first-order valence-electron chi connectivity index (χ1n) is 20.1. The van der Waals surface area contributed by atoms with E-state index in [1.165, 1.54) is 0 Å². The van der Waals surface area contributed by atoms with E-state index < -0.39 is 67.8 Å². The fourth-order valence-corrected chi connectivity index (χ4v) is 9.38. The Morgan fingerprint density at radius 1 is 0.328 bits per heavy atom. The first-order chi connectivity index (χ1) is 31.1. The van der Waals surface area contributed by atoms with Crippen molar-refractivity contribution in [1.29, 1.82) is 0 Å². The number of aromatic nitrogens is 5. The van der Waals surface area contributed by atoms with Gasteiger partial charge in [0.2, 0.25) is 28.9 Å². The third-order valence-corrected chi connectivity index (χ3v) is 12.2. The fraction of sp³-hybridized carbons (Fsp3) is 0. The number of rotatable bonds is 4. The molecule has 0 atom stereocenters. The Kier molecular flexibility index (Phi) is 7.51. The molecule has 0 spiro atoms. The standard InChI is InChI=1S/C51H31N5O8/c57-41-37-38-40(44(60)48(64)46(62)42(38)58)56(39(37)43(59)47(63)45(41)61)51-53-49(24-12-2-1-3-13-24)52-50(54-51)33-22-31-27-16-6-4-14-25(27)26-15-5-7-17-28(26)32(31)23-36(33)55-34-20-10-8-18-29(34)30-19-9-11-21-35(30)55/h1-23,57-64H. The number of para-hydroxylation sites is 2. The van der Waals surface area contributed by atoms with Gasteiger partial charge in [0, 0.05) is 21.9 Å². The van der Waals surface area contributed by atoms with Crippen molar-refractivity contribution in [2.75, 3.05) is 0 Å². The van der Waals surface area contributed by atoms with Crippen molar-refractivity contribution in [3.63, 3.8) is 0 Å². The van der Waals surface area contributed by atoms with Gasteiger partial charge >= 0.3 is 0 Å². The average Bonchev–Trinajstić information content (AvgIpc) is 3.88. The molecule has 12 rings (SSSR count). The predicted molar refractivity (Wildman–Crippen MR) is 245 cm³/mol. The highest BCUT2D eigenvalue weighted by molar-refractivity contribution is 6.27. The molecule has 308 valence electrons. The Labute approximate surface area is 359 Å². The van der Waals surface area contributed by atoms with Crippen LogP contribution in [-0.2, 0) is 0 Å². The SMILES string of the molecule is Oc1c(O)c(O)c2c(c1O)c1c(O)c(O)c(O)c(O)c1n2-c1nc(-c2ccccc2)nc(-c2cc3c4ccccc4c4ccccc4c3cc2-n2c3ccccc3c3ccccc32)n1. The van der Waals surface area contributed by atoms with Gasteiger partial charge in [0.25, 0.3) is 0 Å². The van der Waals surface area contributed by atoms with Crippen LogP contribution in [0, 0.1) is 0 Å². The van der Waals surface area contributed by atoms with Gasteiger partial charge in [0.1, 0.15) is 11.0 Å². The summed E-state index contributed by atoms with van der Waals surface area (Å²) in [7, 11) is 0. The largest absolute Gasteiger partial charge is 0.504 e. The predicted octanol–water partition coefficient (Wildman–Crippen LogP) is 10.5. The van der Waals surface area contributed by atoms with Gasteiger partial charge in [-0.3, -0.25) is 4.57 Å². The van der Waals surface area contributed by atoms with Gasteiger partial charge in [-0.2, -0.15) is 9.97 Å². The highest BCUT2D eigenvalue weighted by Gasteiger charge is 2.33. The van der Waals surface area contributed by atoms with Crippen molar-refractivity contribution in [3.05, 3.63) is 140 Å². The topological polar surface area (TPSA) is 210 Å². The highest BCUT2D eigenvalue weighted by Crippen LogP contribution is 2.59. The van der Waals surface area contributed by atoms with Gasteiger partial charge in [0.15, 0.2) is 34.6 Å². The minimum absolute atomic E-state index is 0.105. The molecule has 13 heteroatoms. The van der Waals surface area contributed by atoms with E-state index in [1.807, 2.05) is 72.8 Å². The maximum atomic E-state index is 11.6. The molecule has 0 aliphatic rings. The number of hydrogen-bond acceptors (Lipinski definition) is 11. The minimum atomic E-state index is -1.15. The second-order valence-corrected chi connectivity index (χ2v) is 15.6. The van der Waals surface area contributed by atoms with Crippen LogP contribution in [0.2, 0.25) is 0 Å². The molecule has 0 unspecified atom stereocenters. The second-order valence-electron chi connectivity index (χ2n) is 15.6. The summed E-state index contributed by atoms with van der Waals surface area (Å²) >= 11 is 0. The van der Waals surface area contributed by atoms with E-state index >= 15 is 0 Å². The summed E-state index contributed by atoms with van der Waals surface area (Å²) in [5.74, 6) is -8.72. The van der Waals surface area contributed by atoms with Crippen molar-refractivity contribution in [2.24, 2.45) is 0 Å². The molecule has 3 heterocycles. The van der Waals surface area contributed by atoms with Crippen LogP contribution in [-0.4, -0.2) is 64.9 Å². The third kappa shape index (κ3) is 4.85. The molecule has 3 aromatic heterocycles. The summed E-state index contributed by atoms with van der Waals surface area (Å²) in [5, 5.41) is 96.0. The van der Waals surface area contributed by atoms with Crippen LogP contribution >= 0.6 is 0 Å². The zero-order valence-electron chi connectivity index (χ0n) is 33.1. The summed E-state index contributed by atoms with van der Waals surface area (Å²) in [4.78, 5) is 15.0. The Balaban J connectivity index is 1.30. The molecule has 8 N–H and O–H groups in total. The molecule has 0 saturated carbocycles. The Morgan fingerprint density at radius 3 is 1.25 bits per heavy atom. The number of phenols is 8. The Morgan fingerprint density at radius 2 is 0.734 bits per heavy atom. The van der Waals surface area contributed by atoms with Gasteiger partial charge in [0.05, 0.1) is 27.5 Å². The monoisotopic (exact) mass is 841 g/mol.